The molecule has 0 aromatic heterocycles. The second-order valence-electron chi connectivity index (χ2n) is 6.58. The predicted molar refractivity (Wildman–Crippen MR) is 104 cm³/mol. The molecule has 1 atom stereocenters. The number of allylic oxidation sites excluding steroid dienone is 2. The van der Waals surface area contributed by atoms with E-state index in [1.54, 1.807) is 0 Å². The van der Waals surface area contributed by atoms with Gasteiger partial charge in [0.15, 0.2) is 0 Å². The van der Waals surface area contributed by atoms with Gasteiger partial charge in [0.25, 0.3) is 0 Å². The highest BCUT2D eigenvalue weighted by molar-refractivity contribution is 7.81. The van der Waals surface area contributed by atoms with Crippen LogP contribution in [0.5, 0.6) is 0 Å². The predicted octanol–water partition coefficient (Wildman–Crippen LogP) is 6.80. The summed E-state index contributed by atoms with van der Waals surface area (Å²) >= 11 is 4.04. The normalized spacial score (nSPS) is 12.8. The Bertz CT molecular complexity index is 289. The van der Waals surface area contributed by atoms with Crippen LogP contribution in [0.1, 0.15) is 103 Å². The number of hydrogen-bond donors (Lipinski definition) is 2. The maximum Gasteiger partial charge on any atom is 0.316 e. The highest BCUT2D eigenvalue weighted by Crippen LogP contribution is 2.13. The van der Waals surface area contributed by atoms with Gasteiger partial charge in [-0.1, -0.05) is 83.3 Å². The van der Waals surface area contributed by atoms with E-state index >= 15 is 0 Å². The van der Waals surface area contributed by atoms with Gasteiger partial charge in [-0.15, -0.1) is 0 Å². The van der Waals surface area contributed by atoms with Crippen molar-refractivity contribution in [1.29, 1.82) is 0 Å². The fourth-order valence-electron chi connectivity index (χ4n) is 2.71. The molecule has 0 radical (unpaired) electrons. The van der Waals surface area contributed by atoms with E-state index in [1.165, 1.54) is 77.0 Å². The number of rotatable bonds is 17. The number of carboxylic acids is 1. The van der Waals surface area contributed by atoms with Crippen LogP contribution in [0, 0.1) is 0 Å². The Hall–Kier alpha value is -0.440. The minimum Gasteiger partial charge on any atom is -0.480 e. The second kappa shape index (κ2) is 17.9. The molecular weight excluding hydrogens is 304 g/mol. The molecule has 3 heteroatoms. The molecule has 0 aliphatic carbocycles. The molecule has 0 fully saturated rings. The van der Waals surface area contributed by atoms with Crippen LogP contribution in [0.3, 0.4) is 0 Å². The zero-order chi connectivity index (χ0) is 17.2. The van der Waals surface area contributed by atoms with Gasteiger partial charge >= 0.3 is 5.97 Å². The zero-order valence-corrected chi connectivity index (χ0v) is 16.0. The Morgan fingerprint density at radius 2 is 1.26 bits per heavy atom. The third-order valence-electron chi connectivity index (χ3n) is 4.27. The van der Waals surface area contributed by atoms with E-state index in [0.717, 1.165) is 12.8 Å². The molecule has 0 aliphatic heterocycles. The molecule has 0 aliphatic rings. The van der Waals surface area contributed by atoms with Crippen molar-refractivity contribution in [1.82, 2.24) is 0 Å². The first-order valence-corrected chi connectivity index (χ1v) is 10.3. The Morgan fingerprint density at radius 1 is 0.826 bits per heavy atom. The topological polar surface area (TPSA) is 37.3 Å². The smallest absolute Gasteiger partial charge is 0.316 e. The summed E-state index contributed by atoms with van der Waals surface area (Å²) in [4.78, 5) is 10.6. The van der Waals surface area contributed by atoms with Crippen LogP contribution in [-0.4, -0.2) is 16.3 Å². The molecule has 0 spiro atoms. The summed E-state index contributed by atoms with van der Waals surface area (Å²) < 4.78 is 0. The van der Waals surface area contributed by atoms with E-state index < -0.39 is 11.2 Å². The van der Waals surface area contributed by atoms with Crippen LogP contribution in [0.15, 0.2) is 12.2 Å². The zero-order valence-electron chi connectivity index (χ0n) is 15.1. The van der Waals surface area contributed by atoms with E-state index in [4.69, 9.17) is 5.11 Å². The van der Waals surface area contributed by atoms with Gasteiger partial charge in [0, 0.05) is 0 Å². The van der Waals surface area contributed by atoms with Crippen molar-refractivity contribution in [2.45, 2.75) is 108 Å². The molecular formula is C20H38O2S. The monoisotopic (exact) mass is 342 g/mol. The average molecular weight is 343 g/mol. The quantitative estimate of drug-likeness (QED) is 0.173. The Morgan fingerprint density at radius 3 is 1.74 bits per heavy atom. The van der Waals surface area contributed by atoms with Gasteiger partial charge in [-0.2, -0.15) is 12.6 Å². The number of hydrogen-bond acceptors (Lipinski definition) is 2. The summed E-state index contributed by atoms with van der Waals surface area (Å²) in [6.45, 7) is 2.26. The fourth-order valence-corrected chi connectivity index (χ4v) is 2.89. The number of unbranched alkanes of at least 4 members (excludes halogenated alkanes) is 12. The van der Waals surface area contributed by atoms with Crippen molar-refractivity contribution in [3.63, 3.8) is 0 Å². The van der Waals surface area contributed by atoms with E-state index in [1.807, 2.05) is 0 Å². The van der Waals surface area contributed by atoms with Gasteiger partial charge in [0.1, 0.15) is 0 Å². The fraction of sp³-hybridized carbons (Fsp3) is 0.850. The molecule has 2 nitrogen and oxygen atoms in total. The van der Waals surface area contributed by atoms with Gasteiger partial charge in [-0.25, -0.2) is 0 Å². The van der Waals surface area contributed by atoms with Gasteiger partial charge in [-0.05, 0) is 32.1 Å². The van der Waals surface area contributed by atoms with E-state index in [-0.39, 0.29) is 0 Å². The molecule has 0 bridgehead atoms. The number of thiol groups is 1. The summed E-state index contributed by atoms with van der Waals surface area (Å²) in [5, 5.41) is 8.24. The number of carboxylic acid groups (broad SMARTS) is 1. The molecule has 23 heavy (non-hydrogen) atoms. The number of carbonyl (C=O) groups is 1. The van der Waals surface area contributed by atoms with Crippen LogP contribution in [0.2, 0.25) is 0 Å². The van der Waals surface area contributed by atoms with Crippen molar-refractivity contribution >= 4 is 18.6 Å². The molecule has 1 unspecified atom stereocenters. The average Bonchev–Trinajstić information content (AvgIpc) is 2.54. The highest BCUT2D eigenvalue weighted by atomic mass is 32.1. The largest absolute Gasteiger partial charge is 0.480 e. The maximum absolute atomic E-state index is 10.6. The van der Waals surface area contributed by atoms with Gasteiger partial charge < -0.3 is 5.11 Å². The van der Waals surface area contributed by atoms with Crippen molar-refractivity contribution in [2.24, 2.45) is 0 Å². The minimum absolute atomic E-state index is 0.480. The van der Waals surface area contributed by atoms with Crippen LogP contribution < -0.4 is 0 Å². The lowest BCUT2D eigenvalue weighted by Crippen LogP contribution is -2.12. The molecule has 0 saturated heterocycles. The molecule has 0 aromatic carbocycles. The van der Waals surface area contributed by atoms with Gasteiger partial charge in [0.2, 0.25) is 0 Å². The molecule has 0 heterocycles. The summed E-state index contributed by atoms with van der Waals surface area (Å²) in [6, 6.07) is 0. The van der Waals surface area contributed by atoms with Crippen LogP contribution in [-0.2, 0) is 4.79 Å². The van der Waals surface area contributed by atoms with Gasteiger partial charge in [0.05, 0.1) is 5.25 Å². The first kappa shape index (κ1) is 22.6. The van der Waals surface area contributed by atoms with E-state index in [0.29, 0.717) is 6.42 Å². The third-order valence-corrected chi connectivity index (χ3v) is 4.75. The lowest BCUT2D eigenvalue weighted by molar-refractivity contribution is -0.136. The highest BCUT2D eigenvalue weighted by Gasteiger charge is 2.10. The minimum atomic E-state index is -0.791. The SMILES string of the molecule is CCCCCCCC/C=C\CCCCCCCCC(S)C(=O)O. The second-order valence-corrected chi connectivity index (χ2v) is 7.20. The van der Waals surface area contributed by atoms with Crippen molar-refractivity contribution < 1.29 is 9.90 Å². The van der Waals surface area contributed by atoms with Crippen LogP contribution >= 0.6 is 12.6 Å². The van der Waals surface area contributed by atoms with E-state index in [9.17, 15) is 4.79 Å². The summed E-state index contributed by atoms with van der Waals surface area (Å²) in [6.07, 6.45) is 23.4. The van der Waals surface area contributed by atoms with Crippen molar-refractivity contribution in [2.75, 3.05) is 0 Å². The molecule has 0 amide bonds. The number of aliphatic carboxylic acids is 1. The summed E-state index contributed by atoms with van der Waals surface area (Å²) in [7, 11) is 0. The summed E-state index contributed by atoms with van der Waals surface area (Å²) in [5.41, 5.74) is 0. The Labute approximate surface area is 149 Å². The Balaban J connectivity index is 3.15. The third kappa shape index (κ3) is 17.7. The van der Waals surface area contributed by atoms with Crippen molar-refractivity contribution in [3.05, 3.63) is 12.2 Å². The molecule has 1 N–H and O–H groups in total. The lowest BCUT2D eigenvalue weighted by Gasteiger charge is -2.04. The van der Waals surface area contributed by atoms with Crippen LogP contribution in [0.25, 0.3) is 0 Å². The van der Waals surface area contributed by atoms with E-state index in [2.05, 4.69) is 31.7 Å². The first-order valence-electron chi connectivity index (χ1n) is 9.74. The standard InChI is InChI=1S/C20H38O2S/c1-2-3-4-5-6-7-8-9-10-11-12-13-14-15-16-17-18-19(23)20(21)22/h9-10,19,23H,2-8,11-18H2,1H3,(H,21,22)/b10-9-. The molecule has 0 aromatic rings. The van der Waals surface area contributed by atoms with Crippen LogP contribution in [0.4, 0.5) is 0 Å². The lowest BCUT2D eigenvalue weighted by atomic mass is 10.1. The van der Waals surface area contributed by atoms with Crippen molar-refractivity contribution in [3.8, 4) is 0 Å². The Kier molecular flexibility index (Phi) is 17.6. The van der Waals surface area contributed by atoms with Gasteiger partial charge in [-0.3, -0.25) is 4.79 Å². The first-order chi connectivity index (χ1) is 11.2. The molecule has 0 saturated carbocycles. The molecule has 136 valence electrons. The molecule has 0 rings (SSSR count). The maximum atomic E-state index is 10.6. The summed E-state index contributed by atoms with van der Waals surface area (Å²) in [5.74, 6) is -0.791.